The maximum absolute atomic E-state index is 11.1. The monoisotopic (exact) mass is 195 g/mol. The standard InChI is InChI=1S/C10H13NO3/c1-10(2,3)14-9(12)11-7-8-5-4-6-13-8/h4-7H,1-3H3. The molecule has 4 nitrogen and oxygen atoms in total. The molecule has 0 fully saturated rings. The van der Waals surface area contributed by atoms with Crippen molar-refractivity contribution >= 4 is 12.3 Å². The summed E-state index contributed by atoms with van der Waals surface area (Å²) in [6.07, 6.45) is 2.22. The molecule has 0 aliphatic rings. The number of hydrogen-bond donors (Lipinski definition) is 0. The predicted molar refractivity (Wildman–Crippen MR) is 52.5 cm³/mol. The number of amides is 1. The van der Waals surface area contributed by atoms with Crippen molar-refractivity contribution in [3.05, 3.63) is 24.2 Å². The number of ether oxygens (including phenoxy) is 1. The van der Waals surface area contributed by atoms with Crippen molar-refractivity contribution in [2.75, 3.05) is 0 Å². The molecule has 0 N–H and O–H groups in total. The number of carbonyl (C=O) groups excluding carboxylic acids is 1. The molecule has 0 radical (unpaired) electrons. The average Bonchev–Trinajstić information content (AvgIpc) is 2.49. The van der Waals surface area contributed by atoms with E-state index >= 15 is 0 Å². The van der Waals surface area contributed by atoms with E-state index in [-0.39, 0.29) is 0 Å². The first kappa shape index (κ1) is 10.5. The number of carbonyl (C=O) groups is 1. The quantitative estimate of drug-likeness (QED) is 0.647. The van der Waals surface area contributed by atoms with Crippen LogP contribution in [0.2, 0.25) is 0 Å². The Morgan fingerprint density at radius 3 is 2.79 bits per heavy atom. The highest BCUT2D eigenvalue weighted by Crippen LogP contribution is 2.07. The summed E-state index contributed by atoms with van der Waals surface area (Å²) in [5, 5.41) is 0. The van der Waals surface area contributed by atoms with Crippen molar-refractivity contribution in [2.24, 2.45) is 4.99 Å². The van der Waals surface area contributed by atoms with Crippen LogP contribution in [0.15, 0.2) is 27.8 Å². The lowest BCUT2D eigenvalue weighted by atomic mass is 10.2. The molecular weight excluding hydrogens is 182 g/mol. The van der Waals surface area contributed by atoms with E-state index in [9.17, 15) is 4.79 Å². The van der Waals surface area contributed by atoms with Gasteiger partial charge in [-0.2, -0.15) is 4.99 Å². The second kappa shape index (κ2) is 4.09. The summed E-state index contributed by atoms with van der Waals surface area (Å²) in [5.41, 5.74) is -0.516. The summed E-state index contributed by atoms with van der Waals surface area (Å²) in [4.78, 5) is 14.7. The number of nitrogens with zero attached hydrogens (tertiary/aromatic N) is 1. The first-order chi connectivity index (χ1) is 6.47. The first-order valence-corrected chi connectivity index (χ1v) is 4.28. The molecule has 0 bridgehead atoms. The van der Waals surface area contributed by atoms with Crippen LogP contribution >= 0.6 is 0 Å². The Morgan fingerprint density at radius 2 is 2.29 bits per heavy atom. The van der Waals surface area contributed by atoms with Crippen molar-refractivity contribution in [2.45, 2.75) is 26.4 Å². The minimum absolute atomic E-state index is 0.516. The maximum atomic E-state index is 11.1. The molecule has 0 aromatic carbocycles. The lowest BCUT2D eigenvalue weighted by Gasteiger charge is -2.16. The second-order valence-electron chi connectivity index (χ2n) is 3.75. The van der Waals surface area contributed by atoms with Gasteiger partial charge in [-0.05, 0) is 32.9 Å². The molecular formula is C10H13NO3. The number of furan rings is 1. The van der Waals surface area contributed by atoms with Crippen LogP contribution in [-0.2, 0) is 4.74 Å². The molecule has 14 heavy (non-hydrogen) atoms. The van der Waals surface area contributed by atoms with Crippen LogP contribution in [0.4, 0.5) is 4.79 Å². The summed E-state index contributed by atoms with van der Waals surface area (Å²) in [6.45, 7) is 5.36. The van der Waals surface area contributed by atoms with E-state index in [0.717, 1.165) is 0 Å². The summed E-state index contributed by atoms with van der Waals surface area (Å²) in [5.74, 6) is 0.524. The van der Waals surface area contributed by atoms with E-state index in [1.165, 1.54) is 12.5 Å². The zero-order valence-corrected chi connectivity index (χ0v) is 8.48. The van der Waals surface area contributed by atoms with Crippen LogP contribution in [0.1, 0.15) is 26.5 Å². The second-order valence-corrected chi connectivity index (χ2v) is 3.75. The molecule has 0 atom stereocenters. The molecule has 0 unspecified atom stereocenters. The molecule has 1 aromatic heterocycles. The Morgan fingerprint density at radius 1 is 1.57 bits per heavy atom. The smallest absolute Gasteiger partial charge is 0.434 e. The molecule has 0 saturated carbocycles. The molecule has 76 valence electrons. The molecule has 1 heterocycles. The van der Waals surface area contributed by atoms with Gasteiger partial charge in [0.1, 0.15) is 11.4 Å². The summed E-state index contributed by atoms with van der Waals surface area (Å²) < 4.78 is 9.91. The lowest BCUT2D eigenvalue weighted by Crippen LogP contribution is -2.21. The molecule has 4 heteroatoms. The fraction of sp³-hybridized carbons (Fsp3) is 0.400. The third-order valence-electron chi connectivity index (χ3n) is 1.23. The summed E-state index contributed by atoms with van der Waals surface area (Å²) >= 11 is 0. The van der Waals surface area contributed by atoms with Gasteiger partial charge in [0.25, 0.3) is 0 Å². The molecule has 0 saturated heterocycles. The Bertz CT molecular complexity index is 320. The Kier molecular flexibility index (Phi) is 3.06. The van der Waals surface area contributed by atoms with Crippen LogP contribution in [0.5, 0.6) is 0 Å². The number of aliphatic imine (C=N–C) groups is 1. The van der Waals surface area contributed by atoms with Crippen LogP contribution in [0.25, 0.3) is 0 Å². The zero-order chi connectivity index (χ0) is 10.6. The van der Waals surface area contributed by atoms with E-state index in [2.05, 4.69) is 4.99 Å². The Hall–Kier alpha value is -1.58. The normalized spacial score (nSPS) is 11.9. The molecule has 1 aromatic rings. The van der Waals surface area contributed by atoms with Gasteiger partial charge in [0, 0.05) is 0 Å². The van der Waals surface area contributed by atoms with E-state index < -0.39 is 11.7 Å². The largest absolute Gasteiger partial charge is 0.463 e. The van der Waals surface area contributed by atoms with Gasteiger partial charge in [-0.1, -0.05) is 0 Å². The zero-order valence-electron chi connectivity index (χ0n) is 8.48. The maximum Gasteiger partial charge on any atom is 0.434 e. The first-order valence-electron chi connectivity index (χ1n) is 4.28. The number of hydrogen-bond acceptors (Lipinski definition) is 3. The Labute approximate surface area is 82.6 Å². The molecule has 1 rings (SSSR count). The highest BCUT2D eigenvalue weighted by Gasteiger charge is 2.14. The van der Waals surface area contributed by atoms with Gasteiger partial charge in [0.05, 0.1) is 12.5 Å². The average molecular weight is 195 g/mol. The third kappa shape index (κ3) is 3.89. The lowest BCUT2D eigenvalue weighted by molar-refractivity contribution is 0.0605. The fourth-order valence-electron chi connectivity index (χ4n) is 0.769. The van der Waals surface area contributed by atoms with Crippen molar-refractivity contribution < 1.29 is 13.9 Å². The van der Waals surface area contributed by atoms with Crippen LogP contribution in [0, 0.1) is 0 Å². The van der Waals surface area contributed by atoms with Crippen molar-refractivity contribution in [3.63, 3.8) is 0 Å². The van der Waals surface area contributed by atoms with Gasteiger partial charge in [0.15, 0.2) is 0 Å². The number of rotatable bonds is 1. The molecule has 1 amide bonds. The van der Waals surface area contributed by atoms with Crippen LogP contribution < -0.4 is 0 Å². The van der Waals surface area contributed by atoms with E-state index in [0.29, 0.717) is 5.76 Å². The van der Waals surface area contributed by atoms with Gasteiger partial charge < -0.3 is 9.15 Å². The minimum Gasteiger partial charge on any atom is -0.463 e. The van der Waals surface area contributed by atoms with Gasteiger partial charge >= 0.3 is 6.09 Å². The Balaban J connectivity index is 2.49. The third-order valence-corrected chi connectivity index (χ3v) is 1.23. The van der Waals surface area contributed by atoms with Gasteiger partial charge in [0.2, 0.25) is 0 Å². The van der Waals surface area contributed by atoms with Crippen LogP contribution in [-0.4, -0.2) is 17.9 Å². The topological polar surface area (TPSA) is 51.8 Å². The summed E-state index contributed by atoms with van der Waals surface area (Å²) in [7, 11) is 0. The fourth-order valence-corrected chi connectivity index (χ4v) is 0.769. The van der Waals surface area contributed by atoms with Gasteiger partial charge in [-0.25, -0.2) is 4.79 Å². The highest BCUT2D eigenvalue weighted by molar-refractivity contribution is 5.86. The van der Waals surface area contributed by atoms with Crippen molar-refractivity contribution in [1.29, 1.82) is 0 Å². The predicted octanol–water partition coefficient (Wildman–Crippen LogP) is 2.63. The van der Waals surface area contributed by atoms with E-state index in [1.54, 1.807) is 32.9 Å². The summed E-state index contributed by atoms with van der Waals surface area (Å²) in [6, 6.07) is 3.42. The van der Waals surface area contributed by atoms with Crippen LogP contribution in [0.3, 0.4) is 0 Å². The molecule has 0 aliphatic heterocycles. The van der Waals surface area contributed by atoms with E-state index in [4.69, 9.17) is 9.15 Å². The minimum atomic E-state index is -0.617. The highest BCUT2D eigenvalue weighted by atomic mass is 16.6. The van der Waals surface area contributed by atoms with Crippen molar-refractivity contribution in [1.82, 2.24) is 0 Å². The van der Waals surface area contributed by atoms with E-state index in [1.807, 2.05) is 0 Å². The molecule has 0 spiro atoms. The SMILES string of the molecule is CC(C)(C)OC(=O)N=Cc1ccco1. The van der Waals surface area contributed by atoms with Gasteiger partial charge in [-0.15, -0.1) is 0 Å². The van der Waals surface area contributed by atoms with Crippen molar-refractivity contribution in [3.8, 4) is 0 Å². The molecule has 0 aliphatic carbocycles. The van der Waals surface area contributed by atoms with Gasteiger partial charge in [-0.3, -0.25) is 0 Å².